The van der Waals surface area contributed by atoms with Crippen LogP contribution in [0.5, 0.6) is 0 Å². The molecule has 20 heavy (non-hydrogen) atoms. The molecule has 1 aromatic heterocycles. The lowest BCUT2D eigenvalue weighted by molar-refractivity contribution is -0.128. The zero-order valence-corrected chi connectivity index (χ0v) is 12.5. The summed E-state index contributed by atoms with van der Waals surface area (Å²) in [6, 6.07) is 3.82. The normalized spacial score (nSPS) is 18.4. The van der Waals surface area contributed by atoms with Crippen molar-refractivity contribution in [1.82, 2.24) is 10.3 Å². The zero-order chi connectivity index (χ0) is 14.8. The Labute approximate surface area is 120 Å². The summed E-state index contributed by atoms with van der Waals surface area (Å²) >= 11 is 0. The van der Waals surface area contributed by atoms with Gasteiger partial charge in [0.1, 0.15) is 0 Å². The highest BCUT2D eigenvalue weighted by molar-refractivity contribution is 5.85. The number of aliphatic hydroxyl groups excluding tert-OH is 1. The van der Waals surface area contributed by atoms with Gasteiger partial charge in [-0.1, -0.05) is 26.8 Å². The van der Waals surface area contributed by atoms with Crippen LogP contribution in [0, 0.1) is 10.8 Å². The lowest BCUT2D eigenvalue weighted by Crippen LogP contribution is -2.38. The predicted octanol–water partition coefficient (Wildman–Crippen LogP) is 2.45. The monoisotopic (exact) mass is 276 g/mol. The Kier molecular flexibility index (Phi) is 4.14. The van der Waals surface area contributed by atoms with Gasteiger partial charge in [-0.2, -0.15) is 0 Å². The topological polar surface area (TPSA) is 62.2 Å². The summed E-state index contributed by atoms with van der Waals surface area (Å²) < 4.78 is 0. The fraction of sp³-hybridized carbons (Fsp3) is 0.625. The van der Waals surface area contributed by atoms with Crippen LogP contribution in [0.25, 0.3) is 0 Å². The Hall–Kier alpha value is -1.42. The van der Waals surface area contributed by atoms with Crippen LogP contribution in [0.1, 0.15) is 51.6 Å². The second kappa shape index (κ2) is 5.52. The number of aromatic nitrogens is 1. The van der Waals surface area contributed by atoms with Gasteiger partial charge in [0.05, 0.1) is 18.1 Å². The minimum Gasteiger partial charge on any atom is -0.395 e. The fourth-order valence-corrected chi connectivity index (χ4v) is 2.37. The van der Waals surface area contributed by atoms with E-state index < -0.39 is 5.41 Å². The number of amides is 1. The molecule has 0 saturated heterocycles. The van der Waals surface area contributed by atoms with Crippen molar-refractivity contribution >= 4 is 5.91 Å². The van der Waals surface area contributed by atoms with E-state index in [2.05, 4.69) is 31.1 Å². The van der Waals surface area contributed by atoms with Crippen LogP contribution in [0.15, 0.2) is 24.5 Å². The van der Waals surface area contributed by atoms with E-state index in [0.717, 1.165) is 24.8 Å². The van der Waals surface area contributed by atoms with Crippen LogP contribution in [-0.4, -0.2) is 22.6 Å². The molecule has 4 nitrogen and oxygen atoms in total. The number of aliphatic hydroxyl groups is 1. The maximum atomic E-state index is 12.3. The molecule has 1 aromatic rings. The lowest BCUT2D eigenvalue weighted by Gasteiger charge is -2.28. The van der Waals surface area contributed by atoms with Crippen molar-refractivity contribution in [2.45, 2.75) is 46.1 Å². The third-order valence-electron chi connectivity index (χ3n) is 3.85. The third kappa shape index (κ3) is 3.57. The number of rotatable bonds is 5. The summed E-state index contributed by atoms with van der Waals surface area (Å²) in [6.45, 7) is 6.40. The quantitative estimate of drug-likeness (QED) is 0.868. The van der Waals surface area contributed by atoms with Crippen LogP contribution >= 0.6 is 0 Å². The van der Waals surface area contributed by atoms with Gasteiger partial charge in [-0.15, -0.1) is 0 Å². The van der Waals surface area contributed by atoms with Crippen molar-refractivity contribution in [1.29, 1.82) is 0 Å². The maximum Gasteiger partial charge on any atom is 0.229 e. The number of carbonyl (C=O) groups is 1. The molecule has 2 N–H and O–H groups in total. The van der Waals surface area contributed by atoms with E-state index in [0.29, 0.717) is 0 Å². The number of pyridine rings is 1. The first-order valence-corrected chi connectivity index (χ1v) is 7.18. The van der Waals surface area contributed by atoms with Crippen molar-refractivity contribution in [3.8, 4) is 0 Å². The van der Waals surface area contributed by atoms with Crippen LogP contribution in [-0.2, 0) is 4.79 Å². The summed E-state index contributed by atoms with van der Waals surface area (Å²) in [6.07, 6.45) is 5.94. The molecule has 0 radical (unpaired) electrons. The van der Waals surface area contributed by atoms with Gasteiger partial charge in [0.15, 0.2) is 0 Å². The number of carbonyl (C=O) groups excluding carboxylic acids is 1. The number of nitrogens with zero attached hydrogens (tertiary/aromatic N) is 1. The maximum absolute atomic E-state index is 12.3. The van der Waals surface area contributed by atoms with Gasteiger partial charge in [-0.05, 0) is 36.3 Å². The molecule has 1 fully saturated rings. The Morgan fingerprint density at radius 2 is 2.20 bits per heavy atom. The molecule has 0 spiro atoms. The summed E-state index contributed by atoms with van der Waals surface area (Å²) in [7, 11) is 0. The molecule has 0 aliphatic heterocycles. The van der Waals surface area contributed by atoms with Crippen molar-refractivity contribution in [2.24, 2.45) is 10.8 Å². The lowest BCUT2D eigenvalue weighted by atomic mass is 9.85. The largest absolute Gasteiger partial charge is 0.395 e. The van der Waals surface area contributed by atoms with E-state index in [1.807, 2.05) is 12.1 Å². The van der Waals surface area contributed by atoms with Crippen molar-refractivity contribution in [2.75, 3.05) is 6.61 Å². The van der Waals surface area contributed by atoms with Crippen molar-refractivity contribution in [3.63, 3.8) is 0 Å². The molecule has 0 aromatic carbocycles. The van der Waals surface area contributed by atoms with Gasteiger partial charge in [0.25, 0.3) is 0 Å². The van der Waals surface area contributed by atoms with E-state index in [-0.39, 0.29) is 24.0 Å². The van der Waals surface area contributed by atoms with E-state index >= 15 is 0 Å². The molecule has 2 rings (SSSR count). The van der Waals surface area contributed by atoms with Crippen LogP contribution in [0.4, 0.5) is 0 Å². The Balaban J connectivity index is 2.13. The highest BCUT2D eigenvalue weighted by Crippen LogP contribution is 2.46. The fourth-order valence-electron chi connectivity index (χ4n) is 2.37. The smallest absolute Gasteiger partial charge is 0.229 e. The minimum atomic E-state index is -0.529. The van der Waals surface area contributed by atoms with Crippen LogP contribution in [0.3, 0.4) is 0 Å². The SMILES string of the molecule is CC(C)(C)C[C@H](NC(=O)C1(CO)CC1)c1cccnc1. The zero-order valence-electron chi connectivity index (χ0n) is 12.5. The van der Waals surface area contributed by atoms with Gasteiger partial charge in [0.2, 0.25) is 5.91 Å². The molecule has 1 heterocycles. The Bertz CT molecular complexity index is 461. The summed E-state index contributed by atoms with van der Waals surface area (Å²) in [5.74, 6) is -0.0295. The molecule has 110 valence electrons. The molecule has 0 unspecified atom stereocenters. The first kappa shape index (κ1) is 15.0. The van der Waals surface area contributed by atoms with Gasteiger partial charge in [-0.25, -0.2) is 0 Å². The van der Waals surface area contributed by atoms with E-state index in [1.165, 1.54) is 0 Å². The van der Waals surface area contributed by atoms with Gasteiger partial charge in [0, 0.05) is 12.4 Å². The number of nitrogens with one attached hydrogen (secondary N) is 1. The second-order valence-electron chi connectivity index (χ2n) is 7.02. The minimum absolute atomic E-state index is 0.0295. The highest BCUT2D eigenvalue weighted by Gasteiger charge is 2.49. The number of hydrogen-bond acceptors (Lipinski definition) is 3. The Morgan fingerprint density at radius 1 is 1.50 bits per heavy atom. The van der Waals surface area contributed by atoms with Gasteiger partial charge in [-0.3, -0.25) is 9.78 Å². The van der Waals surface area contributed by atoms with Gasteiger partial charge < -0.3 is 10.4 Å². The molecule has 0 bridgehead atoms. The van der Waals surface area contributed by atoms with Crippen molar-refractivity contribution < 1.29 is 9.90 Å². The standard InChI is InChI=1S/C16H24N2O2/c1-15(2,3)9-13(12-5-4-8-17-10-12)18-14(20)16(11-19)6-7-16/h4-5,8,10,13,19H,6-7,9,11H2,1-3H3,(H,18,20)/t13-/m0/s1. The van der Waals surface area contributed by atoms with E-state index in [1.54, 1.807) is 12.4 Å². The number of hydrogen-bond donors (Lipinski definition) is 2. The predicted molar refractivity (Wildman–Crippen MR) is 77.9 cm³/mol. The van der Waals surface area contributed by atoms with E-state index in [9.17, 15) is 9.90 Å². The molecular weight excluding hydrogens is 252 g/mol. The molecule has 1 atom stereocenters. The second-order valence-corrected chi connectivity index (χ2v) is 7.02. The molecule has 1 aliphatic rings. The van der Waals surface area contributed by atoms with E-state index in [4.69, 9.17) is 0 Å². The summed E-state index contributed by atoms with van der Waals surface area (Å²) in [5, 5.41) is 12.5. The molecule has 1 saturated carbocycles. The van der Waals surface area contributed by atoms with Gasteiger partial charge >= 0.3 is 0 Å². The first-order chi connectivity index (χ1) is 9.36. The molecular formula is C16H24N2O2. The average Bonchev–Trinajstić information content (AvgIpc) is 3.18. The summed E-state index contributed by atoms with van der Waals surface area (Å²) in [4.78, 5) is 16.5. The average molecular weight is 276 g/mol. The van der Waals surface area contributed by atoms with Crippen molar-refractivity contribution in [3.05, 3.63) is 30.1 Å². The van der Waals surface area contributed by atoms with Crippen LogP contribution in [0.2, 0.25) is 0 Å². The Morgan fingerprint density at radius 3 is 2.65 bits per heavy atom. The highest BCUT2D eigenvalue weighted by atomic mass is 16.3. The molecule has 1 aliphatic carbocycles. The molecule has 4 heteroatoms. The van der Waals surface area contributed by atoms with Crippen LogP contribution < -0.4 is 5.32 Å². The third-order valence-corrected chi connectivity index (χ3v) is 3.85. The first-order valence-electron chi connectivity index (χ1n) is 7.18. The molecule has 1 amide bonds. The summed E-state index contributed by atoms with van der Waals surface area (Å²) in [5.41, 5.74) is 0.590.